The molecule has 0 spiro atoms. The van der Waals surface area contributed by atoms with Crippen LogP contribution in [0.2, 0.25) is 0 Å². The summed E-state index contributed by atoms with van der Waals surface area (Å²) in [5, 5.41) is 0. The molecule has 1 aromatic heterocycles. The number of aryl methyl sites for hydroxylation is 2. The van der Waals surface area contributed by atoms with E-state index in [4.69, 9.17) is 9.97 Å². The van der Waals surface area contributed by atoms with Gasteiger partial charge < -0.3 is 9.80 Å². The van der Waals surface area contributed by atoms with E-state index in [1.807, 2.05) is 56.3 Å². The summed E-state index contributed by atoms with van der Waals surface area (Å²) in [5.74, 6) is 0.0984. The molecule has 8 heteroatoms. The maximum atomic E-state index is 13.5. The molecule has 0 radical (unpaired) electrons. The Morgan fingerprint density at radius 2 is 1.39 bits per heavy atom. The van der Waals surface area contributed by atoms with Crippen molar-refractivity contribution < 1.29 is 18.0 Å². The predicted molar refractivity (Wildman–Crippen MR) is 134 cm³/mol. The molecule has 0 unspecified atom stereocenters. The number of aromatic nitrogens is 2. The molecule has 5 rings (SSSR count). The van der Waals surface area contributed by atoms with Crippen molar-refractivity contribution in [2.45, 2.75) is 20.0 Å². The van der Waals surface area contributed by atoms with E-state index in [-0.39, 0.29) is 18.7 Å². The number of hydrogen-bond acceptors (Lipinski definition) is 4. The van der Waals surface area contributed by atoms with Crippen LogP contribution in [0.25, 0.3) is 22.3 Å². The van der Waals surface area contributed by atoms with Gasteiger partial charge >= 0.3 is 6.18 Å². The quantitative estimate of drug-likeness (QED) is 0.359. The molecule has 2 heterocycles. The van der Waals surface area contributed by atoms with Gasteiger partial charge in [0, 0.05) is 31.7 Å². The molecule has 4 aromatic rings. The third-order valence-corrected chi connectivity index (χ3v) is 6.64. The second-order valence-corrected chi connectivity index (χ2v) is 9.01. The first-order valence-corrected chi connectivity index (χ1v) is 11.8. The van der Waals surface area contributed by atoms with Gasteiger partial charge in [0.25, 0.3) is 5.91 Å². The van der Waals surface area contributed by atoms with Crippen molar-refractivity contribution in [3.05, 3.63) is 89.0 Å². The lowest BCUT2D eigenvalue weighted by Crippen LogP contribution is -2.49. The first-order valence-electron chi connectivity index (χ1n) is 11.8. The van der Waals surface area contributed by atoms with Gasteiger partial charge in [0.05, 0.1) is 22.2 Å². The maximum absolute atomic E-state index is 13.5. The highest BCUT2D eigenvalue weighted by atomic mass is 19.4. The lowest BCUT2D eigenvalue weighted by molar-refractivity contribution is -0.138. The van der Waals surface area contributed by atoms with E-state index in [9.17, 15) is 18.0 Å². The lowest BCUT2D eigenvalue weighted by Gasteiger charge is -2.36. The molecule has 5 nitrogen and oxygen atoms in total. The molecule has 3 aromatic carbocycles. The van der Waals surface area contributed by atoms with Gasteiger partial charge in [-0.1, -0.05) is 42.5 Å². The Morgan fingerprint density at radius 1 is 0.806 bits per heavy atom. The summed E-state index contributed by atoms with van der Waals surface area (Å²) in [6.07, 6.45) is -4.59. The lowest BCUT2D eigenvalue weighted by atomic mass is 10.1. The van der Waals surface area contributed by atoms with E-state index in [0.29, 0.717) is 18.9 Å². The molecule has 1 aliphatic rings. The smallest absolute Gasteiger partial charge is 0.351 e. The molecule has 36 heavy (non-hydrogen) atoms. The first-order chi connectivity index (χ1) is 17.2. The molecule has 0 N–H and O–H groups in total. The highest BCUT2D eigenvalue weighted by Crippen LogP contribution is 2.34. The number of carbonyl (C=O) groups is 1. The standard InChI is InChI=1S/C28H25F3N4O/c1-18-16-23-24(17-19(18)2)33-26(25(32-23)20-8-4-3-5-9-20)34-12-14-35(15-13-34)27(36)21-10-6-7-11-22(21)28(29,30)31/h3-11,16-17H,12-15H2,1-2H3. The van der Waals surface area contributed by atoms with Crippen LogP contribution < -0.4 is 4.90 Å². The normalized spacial score (nSPS) is 14.4. The van der Waals surface area contributed by atoms with Gasteiger partial charge in [-0.2, -0.15) is 13.2 Å². The topological polar surface area (TPSA) is 49.3 Å². The zero-order valence-electron chi connectivity index (χ0n) is 20.0. The largest absolute Gasteiger partial charge is 0.417 e. The van der Waals surface area contributed by atoms with E-state index >= 15 is 0 Å². The van der Waals surface area contributed by atoms with Crippen LogP contribution in [-0.2, 0) is 6.18 Å². The van der Waals surface area contributed by atoms with Crippen LogP contribution in [0.5, 0.6) is 0 Å². The Hall–Kier alpha value is -3.94. The van der Waals surface area contributed by atoms with Gasteiger partial charge in [-0.25, -0.2) is 9.97 Å². The fraction of sp³-hybridized carbons (Fsp3) is 0.250. The van der Waals surface area contributed by atoms with Gasteiger partial charge in [-0.15, -0.1) is 0 Å². The number of benzene rings is 3. The fourth-order valence-corrected chi connectivity index (χ4v) is 4.52. The second-order valence-electron chi connectivity index (χ2n) is 9.01. The Labute approximate surface area is 207 Å². The molecule has 1 fully saturated rings. The van der Waals surface area contributed by atoms with Crippen LogP contribution in [0.1, 0.15) is 27.0 Å². The zero-order chi connectivity index (χ0) is 25.4. The van der Waals surface area contributed by atoms with Crippen molar-refractivity contribution in [1.29, 1.82) is 0 Å². The third-order valence-electron chi connectivity index (χ3n) is 6.64. The zero-order valence-corrected chi connectivity index (χ0v) is 20.0. The summed E-state index contributed by atoms with van der Waals surface area (Å²) in [6.45, 7) is 5.51. The maximum Gasteiger partial charge on any atom is 0.417 e. The van der Waals surface area contributed by atoms with Crippen molar-refractivity contribution in [1.82, 2.24) is 14.9 Å². The van der Waals surface area contributed by atoms with E-state index in [2.05, 4.69) is 4.90 Å². The van der Waals surface area contributed by atoms with Gasteiger partial charge in [0.2, 0.25) is 0 Å². The Bertz CT molecular complexity index is 1430. The number of hydrogen-bond donors (Lipinski definition) is 0. The molecule has 1 saturated heterocycles. The van der Waals surface area contributed by atoms with Crippen LogP contribution in [0.4, 0.5) is 19.0 Å². The van der Waals surface area contributed by atoms with Crippen molar-refractivity contribution in [2.24, 2.45) is 0 Å². The number of rotatable bonds is 3. The SMILES string of the molecule is Cc1cc2nc(-c3ccccc3)c(N3CCN(C(=O)c4ccccc4C(F)(F)F)CC3)nc2cc1C. The highest BCUT2D eigenvalue weighted by molar-refractivity contribution is 5.96. The number of halogens is 3. The van der Waals surface area contributed by atoms with Gasteiger partial charge in [0.1, 0.15) is 5.69 Å². The van der Waals surface area contributed by atoms with E-state index in [1.165, 1.54) is 23.1 Å². The molecule has 1 amide bonds. The van der Waals surface area contributed by atoms with Crippen molar-refractivity contribution in [2.75, 3.05) is 31.1 Å². The highest BCUT2D eigenvalue weighted by Gasteiger charge is 2.36. The van der Waals surface area contributed by atoms with E-state index in [0.717, 1.165) is 39.5 Å². The van der Waals surface area contributed by atoms with E-state index < -0.39 is 17.6 Å². The third kappa shape index (κ3) is 4.51. The molecule has 0 atom stereocenters. The van der Waals surface area contributed by atoms with Crippen LogP contribution in [0.3, 0.4) is 0 Å². The average molecular weight is 491 g/mol. The Morgan fingerprint density at radius 3 is 2.03 bits per heavy atom. The number of carbonyl (C=O) groups excluding carboxylic acids is 1. The Balaban J connectivity index is 1.46. The van der Waals surface area contributed by atoms with Crippen molar-refractivity contribution in [3.8, 4) is 11.3 Å². The van der Waals surface area contributed by atoms with Crippen LogP contribution in [0.15, 0.2) is 66.7 Å². The summed E-state index contributed by atoms with van der Waals surface area (Å²) in [7, 11) is 0. The minimum atomic E-state index is -4.59. The van der Waals surface area contributed by atoms with Crippen LogP contribution >= 0.6 is 0 Å². The summed E-state index contributed by atoms with van der Waals surface area (Å²) in [4.78, 5) is 26.5. The summed E-state index contributed by atoms with van der Waals surface area (Å²) < 4.78 is 40.4. The van der Waals surface area contributed by atoms with Gasteiger partial charge in [-0.05, 0) is 49.2 Å². The fourth-order valence-electron chi connectivity index (χ4n) is 4.52. The van der Waals surface area contributed by atoms with Gasteiger partial charge in [0.15, 0.2) is 5.82 Å². The van der Waals surface area contributed by atoms with E-state index in [1.54, 1.807) is 0 Å². The number of alkyl halides is 3. The minimum absolute atomic E-state index is 0.284. The summed E-state index contributed by atoms with van der Waals surface area (Å²) >= 11 is 0. The molecule has 0 aliphatic carbocycles. The number of nitrogens with zero attached hydrogens (tertiary/aromatic N) is 4. The molecule has 0 bridgehead atoms. The van der Waals surface area contributed by atoms with Gasteiger partial charge in [-0.3, -0.25) is 4.79 Å². The van der Waals surface area contributed by atoms with Crippen LogP contribution in [0, 0.1) is 13.8 Å². The summed E-state index contributed by atoms with van der Waals surface area (Å²) in [6, 6.07) is 18.8. The molecular formula is C28H25F3N4O. The van der Waals surface area contributed by atoms with Crippen molar-refractivity contribution >= 4 is 22.8 Å². The minimum Gasteiger partial charge on any atom is -0.351 e. The molecular weight excluding hydrogens is 465 g/mol. The van der Waals surface area contributed by atoms with Crippen LogP contribution in [-0.4, -0.2) is 47.0 Å². The molecule has 1 aliphatic heterocycles. The monoisotopic (exact) mass is 490 g/mol. The first kappa shape index (κ1) is 23.8. The summed E-state index contributed by atoms with van der Waals surface area (Å²) in [5.41, 5.74) is 4.29. The second kappa shape index (κ2) is 9.26. The predicted octanol–water partition coefficient (Wildman–Crippen LogP) is 5.89. The molecule has 0 saturated carbocycles. The number of piperazine rings is 1. The number of anilines is 1. The number of fused-ring (bicyclic) bond motifs is 1. The average Bonchev–Trinajstić information content (AvgIpc) is 2.88. The number of amides is 1. The van der Waals surface area contributed by atoms with Crippen molar-refractivity contribution in [3.63, 3.8) is 0 Å². The molecule has 184 valence electrons. The Kier molecular flexibility index (Phi) is 6.12.